The van der Waals surface area contributed by atoms with Gasteiger partial charge >= 0.3 is 0 Å². The topological polar surface area (TPSA) is 26.3 Å². The highest BCUT2D eigenvalue weighted by Crippen LogP contribution is 2.50. The van der Waals surface area contributed by atoms with Gasteiger partial charge in [0.15, 0.2) is 5.78 Å². The summed E-state index contributed by atoms with van der Waals surface area (Å²) in [7, 11) is 0. The number of benzene rings is 4. The molecule has 0 aromatic heterocycles. The van der Waals surface area contributed by atoms with Gasteiger partial charge in [0.2, 0.25) is 0 Å². The van der Waals surface area contributed by atoms with Crippen LogP contribution in [0.15, 0.2) is 91.0 Å². The lowest BCUT2D eigenvalue weighted by atomic mass is 9.76. The van der Waals surface area contributed by atoms with Crippen molar-refractivity contribution in [3.63, 3.8) is 0 Å². The third-order valence-corrected chi connectivity index (χ3v) is 5.95. The van der Waals surface area contributed by atoms with Crippen molar-refractivity contribution >= 4 is 28.5 Å². The molecule has 0 atom stereocenters. The smallest absolute Gasteiger partial charge is 0.194 e. The van der Waals surface area contributed by atoms with Crippen LogP contribution in [-0.4, -0.2) is 5.78 Å². The first-order valence-electron chi connectivity index (χ1n) is 9.77. The number of para-hydroxylation sites is 2. The number of halogens is 1. The number of fused-ring (bicyclic) bond motifs is 4. The van der Waals surface area contributed by atoms with E-state index in [9.17, 15) is 4.79 Å². The van der Waals surface area contributed by atoms with Crippen LogP contribution >= 0.6 is 11.6 Å². The fourth-order valence-corrected chi connectivity index (χ4v) is 4.61. The second kappa shape index (κ2) is 6.45. The molecule has 0 N–H and O–H groups in total. The van der Waals surface area contributed by atoms with Crippen LogP contribution in [0, 0.1) is 0 Å². The van der Waals surface area contributed by atoms with Crippen molar-refractivity contribution in [2.75, 3.05) is 0 Å². The maximum Gasteiger partial charge on any atom is 0.194 e. The van der Waals surface area contributed by atoms with Crippen molar-refractivity contribution in [1.29, 1.82) is 0 Å². The molecule has 0 radical (unpaired) electrons. The van der Waals surface area contributed by atoms with E-state index in [2.05, 4.69) is 12.1 Å². The van der Waals surface area contributed by atoms with Crippen LogP contribution in [0.5, 0.6) is 11.5 Å². The summed E-state index contributed by atoms with van der Waals surface area (Å²) in [6, 6.07) is 29.3. The summed E-state index contributed by atoms with van der Waals surface area (Å²) in [6.07, 6.45) is 0. The molecule has 0 saturated carbocycles. The zero-order valence-corrected chi connectivity index (χ0v) is 16.6. The molecule has 1 aliphatic heterocycles. The van der Waals surface area contributed by atoms with Crippen LogP contribution in [0.4, 0.5) is 0 Å². The molecule has 142 valence electrons. The molecule has 2 nitrogen and oxygen atoms in total. The lowest BCUT2D eigenvalue weighted by Crippen LogP contribution is -2.16. The van der Waals surface area contributed by atoms with Gasteiger partial charge in [-0.3, -0.25) is 4.79 Å². The lowest BCUT2D eigenvalue weighted by Gasteiger charge is -2.29. The van der Waals surface area contributed by atoms with E-state index in [0.29, 0.717) is 16.1 Å². The molecule has 0 spiro atoms. The predicted octanol–water partition coefficient (Wildman–Crippen LogP) is 7.00. The molecule has 0 amide bonds. The third-order valence-electron chi connectivity index (χ3n) is 5.72. The Labute approximate surface area is 179 Å². The third kappa shape index (κ3) is 2.41. The van der Waals surface area contributed by atoms with E-state index in [0.717, 1.165) is 44.9 Å². The SMILES string of the molecule is O=C1c2ccccc2C(=C2c3ccccc3Oc3ccccc32)c2cc(Cl)ccc21. The van der Waals surface area contributed by atoms with Crippen LogP contribution in [0.2, 0.25) is 5.02 Å². The fraction of sp³-hybridized carbons (Fsp3) is 0. The number of hydrogen-bond donors (Lipinski definition) is 0. The van der Waals surface area contributed by atoms with Crippen molar-refractivity contribution in [1.82, 2.24) is 0 Å². The minimum atomic E-state index is 0.0234. The maximum atomic E-state index is 13.2. The molecule has 0 saturated heterocycles. The number of ketones is 1. The quantitative estimate of drug-likeness (QED) is 0.271. The Balaban J connectivity index is 1.82. The van der Waals surface area contributed by atoms with Gasteiger partial charge in [0.1, 0.15) is 11.5 Å². The number of ether oxygens (including phenoxy) is 1. The molecule has 1 heterocycles. The van der Waals surface area contributed by atoms with Gasteiger partial charge in [-0.15, -0.1) is 0 Å². The van der Waals surface area contributed by atoms with Crippen LogP contribution in [-0.2, 0) is 0 Å². The molecular weight excluding hydrogens is 392 g/mol. The molecule has 3 heteroatoms. The summed E-state index contributed by atoms with van der Waals surface area (Å²) in [5.74, 6) is 1.63. The molecule has 4 aromatic carbocycles. The summed E-state index contributed by atoms with van der Waals surface area (Å²) in [5.41, 5.74) is 7.20. The molecule has 0 unspecified atom stereocenters. The minimum absolute atomic E-state index is 0.0234. The van der Waals surface area contributed by atoms with Gasteiger partial charge in [0.05, 0.1) is 0 Å². The Morgan fingerprint density at radius 2 is 1.03 bits per heavy atom. The van der Waals surface area contributed by atoms with E-state index in [4.69, 9.17) is 16.3 Å². The summed E-state index contributed by atoms with van der Waals surface area (Å²) >= 11 is 6.40. The highest BCUT2D eigenvalue weighted by molar-refractivity contribution is 6.32. The highest BCUT2D eigenvalue weighted by atomic mass is 35.5. The Morgan fingerprint density at radius 1 is 0.533 bits per heavy atom. The molecule has 0 bridgehead atoms. The molecule has 1 aliphatic carbocycles. The lowest BCUT2D eigenvalue weighted by molar-refractivity contribution is 0.103. The average molecular weight is 407 g/mol. The molecule has 6 rings (SSSR count). The Bertz CT molecular complexity index is 1350. The van der Waals surface area contributed by atoms with Gasteiger partial charge < -0.3 is 4.74 Å². The summed E-state index contributed by atoms with van der Waals surface area (Å²) < 4.78 is 6.19. The van der Waals surface area contributed by atoms with E-state index < -0.39 is 0 Å². The highest BCUT2D eigenvalue weighted by Gasteiger charge is 2.32. The van der Waals surface area contributed by atoms with E-state index >= 15 is 0 Å². The fourth-order valence-electron chi connectivity index (χ4n) is 4.44. The van der Waals surface area contributed by atoms with Gasteiger partial charge in [-0.1, -0.05) is 72.3 Å². The number of carbonyl (C=O) groups excluding carboxylic acids is 1. The Morgan fingerprint density at radius 3 is 1.70 bits per heavy atom. The predicted molar refractivity (Wildman–Crippen MR) is 119 cm³/mol. The second-order valence-electron chi connectivity index (χ2n) is 7.41. The van der Waals surface area contributed by atoms with E-state index in [1.807, 2.05) is 72.8 Å². The Kier molecular flexibility index (Phi) is 3.71. The van der Waals surface area contributed by atoms with E-state index in [1.54, 1.807) is 6.07 Å². The van der Waals surface area contributed by atoms with Crippen molar-refractivity contribution in [3.05, 3.63) is 129 Å². The molecule has 30 heavy (non-hydrogen) atoms. The van der Waals surface area contributed by atoms with Gasteiger partial charge in [-0.2, -0.15) is 0 Å². The zero-order valence-electron chi connectivity index (χ0n) is 15.9. The summed E-state index contributed by atoms with van der Waals surface area (Å²) in [4.78, 5) is 13.2. The average Bonchev–Trinajstić information content (AvgIpc) is 2.78. The molecule has 4 aromatic rings. The van der Waals surface area contributed by atoms with Crippen molar-refractivity contribution in [2.45, 2.75) is 0 Å². The van der Waals surface area contributed by atoms with Crippen molar-refractivity contribution in [2.24, 2.45) is 0 Å². The van der Waals surface area contributed by atoms with Crippen LogP contribution in [0.25, 0.3) is 11.1 Å². The number of carbonyl (C=O) groups is 1. The first kappa shape index (κ1) is 17.3. The number of rotatable bonds is 0. The maximum absolute atomic E-state index is 13.2. The second-order valence-corrected chi connectivity index (χ2v) is 7.85. The molecule has 0 fully saturated rings. The van der Waals surface area contributed by atoms with Crippen LogP contribution < -0.4 is 4.74 Å². The minimum Gasteiger partial charge on any atom is -0.456 e. The van der Waals surface area contributed by atoms with Gasteiger partial charge in [0.25, 0.3) is 0 Å². The first-order chi connectivity index (χ1) is 14.7. The van der Waals surface area contributed by atoms with Gasteiger partial charge in [0, 0.05) is 32.8 Å². The molecular formula is C27H15ClO2. The largest absolute Gasteiger partial charge is 0.456 e. The normalized spacial score (nSPS) is 13.7. The number of hydrogen-bond acceptors (Lipinski definition) is 2. The zero-order chi connectivity index (χ0) is 20.2. The van der Waals surface area contributed by atoms with Crippen LogP contribution in [0.3, 0.4) is 0 Å². The van der Waals surface area contributed by atoms with Crippen molar-refractivity contribution < 1.29 is 9.53 Å². The molecule has 2 aliphatic rings. The van der Waals surface area contributed by atoms with Crippen LogP contribution in [0.1, 0.15) is 38.2 Å². The standard InChI is InChI=1S/C27H15ClO2/c28-16-13-14-19-22(15-16)25(17-7-1-2-8-18(17)27(19)29)26-20-9-3-5-11-23(20)30-24-12-6-4-10-21(24)26/h1-15H. The van der Waals surface area contributed by atoms with Gasteiger partial charge in [-0.25, -0.2) is 0 Å². The van der Waals surface area contributed by atoms with Gasteiger partial charge in [-0.05, 0) is 47.0 Å². The monoisotopic (exact) mass is 406 g/mol. The Hall–Kier alpha value is -3.62. The summed E-state index contributed by atoms with van der Waals surface area (Å²) in [6.45, 7) is 0. The summed E-state index contributed by atoms with van der Waals surface area (Å²) in [5, 5.41) is 0.604. The van der Waals surface area contributed by atoms with E-state index in [1.165, 1.54) is 0 Å². The van der Waals surface area contributed by atoms with Crippen molar-refractivity contribution in [3.8, 4) is 11.5 Å². The first-order valence-corrected chi connectivity index (χ1v) is 10.1. The van der Waals surface area contributed by atoms with E-state index in [-0.39, 0.29) is 5.78 Å².